The molecule has 1 aromatic carbocycles. The first-order chi connectivity index (χ1) is 6.95. The monoisotopic (exact) mass is 200 g/mol. The van der Waals surface area contributed by atoms with Gasteiger partial charge < -0.3 is 0 Å². The van der Waals surface area contributed by atoms with Crippen LogP contribution in [-0.2, 0) is 12.8 Å². The summed E-state index contributed by atoms with van der Waals surface area (Å²) >= 11 is 1.88. The smallest absolute Gasteiger partial charge is 0.0377 e. The fraction of sp³-hybridized carbons (Fsp3) is 0.231. The molecule has 0 fully saturated rings. The highest BCUT2D eigenvalue weighted by Gasteiger charge is 2.14. The van der Waals surface area contributed by atoms with E-state index in [9.17, 15) is 0 Å². The zero-order valence-corrected chi connectivity index (χ0v) is 8.81. The quantitative estimate of drug-likeness (QED) is 0.605. The van der Waals surface area contributed by atoms with Crippen LogP contribution in [0.2, 0.25) is 0 Å². The van der Waals surface area contributed by atoms with Crippen molar-refractivity contribution in [2.45, 2.75) is 19.3 Å². The van der Waals surface area contributed by atoms with E-state index in [4.69, 9.17) is 0 Å². The van der Waals surface area contributed by atoms with Crippen LogP contribution in [0.4, 0.5) is 0 Å². The van der Waals surface area contributed by atoms with Crippen molar-refractivity contribution in [3.63, 3.8) is 0 Å². The Labute approximate surface area is 88.2 Å². The van der Waals surface area contributed by atoms with E-state index in [2.05, 4.69) is 35.7 Å². The molecule has 0 aliphatic heterocycles. The maximum Gasteiger partial charge on any atom is 0.0377 e. The summed E-state index contributed by atoms with van der Waals surface area (Å²) in [4.78, 5) is 1.50. The highest BCUT2D eigenvalue weighted by Crippen LogP contribution is 2.35. The van der Waals surface area contributed by atoms with Gasteiger partial charge in [-0.25, -0.2) is 0 Å². The Bertz CT molecular complexity index is 454. The first kappa shape index (κ1) is 8.25. The van der Waals surface area contributed by atoms with E-state index in [1.807, 2.05) is 11.3 Å². The van der Waals surface area contributed by atoms with E-state index in [-0.39, 0.29) is 0 Å². The van der Waals surface area contributed by atoms with Gasteiger partial charge in [0, 0.05) is 4.88 Å². The molecule has 14 heavy (non-hydrogen) atoms. The average Bonchev–Trinajstić information content (AvgIpc) is 2.61. The molecule has 1 aliphatic rings. The highest BCUT2D eigenvalue weighted by molar-refractivity contribution is 7.13. The van der Waals surface area contributed by atoms with Crippen LogP contribution in [0, 0.1) is 0 Å². The summed E-state index contributed by atoms with van der Waals surface area (Å²) in [5, 5.41) is 2.22. The second-order valence-corrected chi connectivity index (χ2v) is 4.70. The maximum absolute atomic E-state index is 2.28. The Kier molecular flexibility index (Phi) is 1.91. The van der Waals surface area contributed by atoms with Crippen LogP contribution in [0.1, 0.15) is 17.5 Å². The van der Waals surface area contributed by atoms with Gasteiger partial charge in [0.15, 0.2) is 0 Å². The molecule has 0 spiro atoms. The molecule has 1 aromatic heterocycles. The third-order valence-electron chi connectivity index (χ3n) is 2.90. The molecule has 0 unspecified atom stereocenters. The normalized spacial score (nSPS) is 14.3. The minimum Gasteiger partial charge on any atom is -0.144 e. The Morgan fingerprint density at radius 2 is 1.79 bits per heavy atom. The molecule has 2 aromatic rings. The van der Waals surface area contributed by atoms with Crippen molar-refractivity contribution < 1.29 is 0 Å². The van der Waals surface area contributed by atoms with Crippen molar-refractivity contribution in [1.29, 1.82) is 0 Å². The molecular formula is C13H12S. The SMILES string of the molecule is c1ccc2c(c1)CCCc1ccsc1-2. The largest absolute Gasteiger partial charge is 0.144 e. The van der Waals surface area contributed by atoms with Crippen LogP contribution in [0.5, 0.6) is 0 Å². The molecule has 0 saturated heterocycles. The second kappa shape index (κ2) is 3.25. The van der Waals surface area contributed by atoms with Gasteiger partial charge in [-0.2, -0.15) is 0 Å². The van der Waals surface area contributed by atoms with Gasteiger partial charge in [-0.05, 0) is 47.4 Å². The third kappa shape index (κ3) is 1.20. The summed E-state index contributed by atoms with van der Waals surface area (Å²) < 4.78 is 0. The van der Waals surface area contributed by atoms with Crippen molar-refractivity contribution in [3.8, 4) is 10.4 Å². The van der Waals surface area contributed by atoms with Crippen LogP contribution in [0.15, 0.2) is 35.7 Å². The zero-order valence-electron chi connectivity index (χ0n) is 7.99. The number of fused-ring (bicyclic) bond motifs is 3. The molecule has 1 heteroatoms. The molecule has 0 N–H and O–H groups in total. The number of benzene rings is 1. The van der Waals surface area contributed by atoms with Gasteiger partial charge in [0.2, 0.25) is 0 Å². The number of thiophene rings is 1. The van der Waals surface area contributed by atoms with Crippen LogP contribution in [-0.4, -0.2) is 0 Å². The first-order valence-corrected chi connectivity index (χ1v) is 5.98. The Balaban J connectivity index is 2.27. The topological polar surface area (TPSA) is 0 Å². The minimum absolute atomic E-state index is 1.23. The lowest BCUT2D eigenvalue weighted by molar-refractivity contribution is 0.836. The van der Waals surface area contributed by atoms with Crippen molar-refractivity contribution in [1.82, 2.24) is 0 Å². The van der Waals surface area contributed by atoms with Crippen LogP contribution in [0.25, 0.3) is 10.4 Å². The van der Waals surface area contributed by atoms with Crippen LogP contribution >= 0.6 is 11.3 Å². The molecule has 1 heterocycles. The summed E-state index contributed by atoms with van der Waals surface area (Å²) in [6.45, 7) is 0. The van der Waals surface area contributed by atoms with Gasteiger partial charge in [-0.1, -0.05) is 24.3 Å². The van der Waals surface area contributed by atoms with Gasteiger partial charge >= 0.3 is 0 Å². The summed E-state index contributed by atoms with van der Waals surface area (Å²) in [7, 11) is 0. The first-order valence-electron chi connectivity index (χ1n) is 5.10. The van der Waals surface area contributed by atoms with E-state index in [0.29, 0.717) is 0 Å². The lowest BCUT2D eigenvalue weighted by Gasteiger charge is -2.03. The van der Waals surface area contributed by atoms with Crippen molar-refractivity contribution >= 4 is 11.3 Å². The fourth-order valence-corrected chi connectivity index (χ4v) is 3.21. The van der Waals surface area contributed by atoms with E-state index in [0.717, 1.165) is 0 Å². The molecule has 1 aliphatic carbocycles. The van der Waals surface area contributed by atoms with Crippen molar-refractivity contribution in [3.05, 3.63) is 46.8 Å². The summed E-state index contributed by atoms with van der Waals surface area (Å²) in [5.41, 5.74) is 4.53. The number of rotatable bonds is 0. The Hall–Kier alpha value is -1.08. The highest BCUT2D eigenvalue weighted by atomic mass is 32.1. The van der Waals surface area contributed by atoms with Gasteiger partial charge in [0.05, 0.1) is 0 Å². The number of aryl methyl sites for hydroxylation is 2. The molecule has 70 valence electrons. The Morgan fingerprint density at radius 1 is 0.929 bits per heavy atom. The fourth-order valence-electron chi connectivity index (χ4n) is 2.20. The molecule has 0 radical (unpaired) electrons. The van der Waals surface area contributed by atoms with Crippen molar-refractivity contribution in [2.75, 3.05) is 0 Å². The second-order valence-electron chi connectivity index (χ2n) is 3.79. The molecule has 0 bridgehead atoms. The van der Waals surface area contributed by atoms with Gasteiger partial charge in [-0.3, -0.25) is 0 Å². The third-order valence-corrected chi connectivity index (χ3v) is 3.89. The van der Waals surface area contributed by atoms with E-state index in [1.54, 1.807) is 5.56 Å². The summed E-state index contributed by atoms with van der Waals surface area (Å²) in [5.74, 6) is 0. The lowest BCUT2D eigenvalue weighted by Crippen LogP contribution is -1.85. The predicted molar refractivity (Wildman–Crippen MR) is 61.8 cm³/mol. The molecular weight excluding hydrogens is 188 g/mol. The summed E-state index contributed by atoms with van der Waals surface area (Å²) in [6.07, 6.45) is 3.77. The standard InChI is InChI=1S/C13H12S/c1-2-7-12-10(4-1)5-3-6-11-8-9-14-13(11)12/h1-2,4,7-9H,3,5-6H2. The van der Waals surface area contributed by atoms with Gasteiger partial charge in [0.25, 0.3) is 0 Å². The molecule has 0 atom stereocenters. The van der Waals surface area contributed by atoms with Crippen molar-refractivity contribution in [2.24, 2.45) is 0 Å². The average molecular weight is 200 g/mol. The van der Waals surface area contributed by atoms with E-state index < -0.39 is 0 Å². The predicted octanol–water partition coefficient (Wildman–Crippen LogP) is 3.90. The maximum atomic E-state index is 2.28. The van der Waals surface area contributed by atoms with Gasteiger partial charge in [0.1, 0.15) is 0 Å². The van der Waals surface area contributed by atoms with E-state index in [1.165, 1.54) is 35.3 Å². The Morgan fingerprint density at radius 3 is 2.79 bits per heavy atom. The molecule has 3 rings (SSSR count). The lowest BCUT2D eigenvalue weighted by atomic mass is 10.0. The minimum atomic E-state index is 1.23. The molecule has 0 saturated carbocycles. The number of hydrogen-bond acceptors (Lipinski definition) is 1. The van der Waals surface area contributed by atoms with Gasteiger partial charge in [-0.15, -0.1) is 11.3 Å². The number of hydrogen-bond donors (Lipinski definition) is 0. The van der Waals surface area contributed by atoms with Crippen LogP contribution < -0.4 is 0 Å². The van der Waals surface area contributed by atoms with Crippen LogP contribution in [0.3, 0.4) is 0 Å². The zero-order chi connectivity index (χ0) is 9.38. The molecule has 0 nitrogen and oxygen atoms in total. The summed E-state index contributed by atoms with van der Waals surface area (Å²) in [6, 6.07) is 11.1. The van der Waals surface area contributed by atoms with E-state index >= 15 is 0 Å². The molecule has 0 amide bonds.